The number of hydrogen-bond acceptors (Lipinski definition) is 6. The van der Waals surface area contributed by atoms with Crippen molar-refractivity contribution >= 4 is 11.9 Å². The Morgan fingerprint density at radius 1 is 1.32 bits per heavy atom. The van der Waals surface area contributed by atoms with Gasteiger partial charge in [-0.2, -0.15) is 0 Å². The summed E-state index contributed by atoms with van der Waals surface area (Å²) in [6, 6.07) is -0.967. The number of carboxylic acid groups (broad SMARTS) is 1. The topological polar surface area (TPSA) is 142 Å². The second kappa shape index (κ2) is 10.7. The van der Waals surface area contributed by atoms with Crippen molar-refractivity contribution in [3.8, 4) is 0 Å². The Kier molecular flexibility index (Phi) is 9.99. The molecule has 0 bridgehead atoms. The van der Waals surface area contributed by atoms with Crippen LogP contribution < -0.4 is 11.1 Å². The SMILES string of the molecule is NCCCC[C@H](NC(=O)COCC(O)CO)C(=O)O. The van der Waals surface area contributed by atoms with Crippen molar-refractivity contribution in [2.24, 2.45) is 5.73 Å². The van der Waals surface area contributed by atoms with Crippen LogP contribution in [-0.2, 0) is 14.3 Å². The molecule has 112 valence electrons. The fourth-order valence-electron chi connectivity index (χ4n) is 1.33. The summed E-state index contributed by atoms with van der Waals surface area (Å²) in [6.45, 7) is -0.534. The molecule has 0 radical (unpaired) electrons. The molecule has 0 aromatic heterocycles. The lowest BCUT2D eigenvalue weighted by atomic mass is 10.1. The second-order valence-electron chi connectivity index (χ2n) is 4.09. The summed E-state index contributed by atoms with van der Waals surface area (Å²) in [4.78, 5) is 22.3. The van der Waals surface area contributed by atoms with Crippen LogP contribution >= 0.6 is 0 Å². The van der Waals surface area contributed by atoms with E-state index in [0.29, 0.717) is 25.8 Å². The van der Waals surface area contributed by atoms with E-state index in [9.17, 15) is 9.59 Å². The number of unbranched alkanes of at least 4 members (excludes halogenated alkanes) is 1. The van der Waals surface area contributed by atoms with E-state index in [1.54, 1.807) is 0 Å². The molecule has 1 amide bonds. The van der Waals surface area contributed by atoms with E-state index in [4.69, 9.17) is 25.8 Å². The van der Waals surface area contributed by atoms with E-state index in [1.807, 2.05) is 0 Å². The van der Waals surface area contributed by atoms with Crippen LogP contribution in [0.2, 0.25) is 0 Å². The van der Waals surface area contributed by atoms with Crippen LogP contribution in [0.4, 0.5) is 0 Å². The van der Waals surface area contributed by atoms with Gasteiger partial charge in [-0.05, 0) is 25.8 Å². The predicted octanol–water partition coefficient (Wildman–Crippen LogP) is -1.95. The summed E-state index contributed by atoms with van der Waals surface area (Å²) in [6.07, 6.45) is 0.557. The Labute approximate surface area is 111 Å². The third-order valence-electron chi connectivity index (χ3n) is 2.33. The third-order valence-corrected chi connectivity index (χ3v) is 2.33. The molecule has 0 saturated carbocycles. The van der Waals surface area contributed by atoms with E-state index >= 15 is 0 Å². The highest BCUT2D eigenvalue weighted by molar-refractivity contribution is 5.84. The number of carboxylic acids is 1. The van der Waals surface area contributed by atoms with E-state index in [1.165, 1.54) is 0 Å². The van der Waals surface area contributed by atoms with Crippen molar-refractivity contribution in [3.63, 3.8) is 0 Å². The number of aliphatic carboxylic acids is 1. The summed E-state index contributed by atoms with van der Waals surface area (Å²) in [7, 11) is 0. The fourth-order valence-corrected chi connectivity index (χ4v) is 1.33. The van der Waals surface area contributed by atoms with Crippen LogP contribution in [0.15, 0.2) is 0 Å². The maximum Gasteiger partial charge on any atom is 0.326 e. The summed E-state index contributed by atoms with van der Waals surface area (Å²) in [5.74, 6) is -1.69. The van der Waals surface area contributed by atoms with Crippen LogP contribution in [0.1, 0.15) is 19.3 Å². The molecule has 0 fully saturated rings. The normalized spacial score (nSPS) is 13.8. The number of nitrogens with one attached hydrogen (secondary N) is 1. The number of carbonyl (C=O) groups is 2. The zero-order valence-corrected chi connectivity index (χ0v) is 10.7. The molecule has 0 aliphatic rings. The number of ether oxygens (including phenoxy) is 1. The highest BCUT2D eigenvalue weighted by Crippen LogP contribution is 2.00. The average molecular weight is 278 g/mol. The van der Waals surface area contributed by atoms with Gasteiger partial charge in [-0.1, -0.05) is 0 Å². The van der Waals surface area contributed by atoms with Gasteiger partial charge in [0.05, 0.1) is 13.2 Å². The molecule has 0 heterocycles. The zero-order chi connectivity index (χ0) is 14.7. The minimum absolute atomic E-state index is 0.186. The smallest absolute Gasteiger partial charge is 0.326 e. The van der Waals surface area contributed by atoms with Crippen molar-refractivity contribution in [1.82, 2.24) is 5.32 Å². The van der Waals surface area contributed by atoms with Gasteiger partial charge in [0.1, 0.15) is 18.8 Å². The first-order valence-corrected chi connectivity index (χ1v) is 6.10. The summed E-state index contributed by atoms with van der Waals surface area (Å²) in [5.41, 5.74) is 5.30. The van der Waals surface area contributed by atoms with E-state index in [0.717, 1.165) is 0 Å². The molecule has 0 aliphatic carbocycles. The number of hydrogen-bond donors (Lipinski definition) is 5. The summed E-state index contributed by atoms with van der Waals surface area (Å²) >= 11 is 0. The van der Waals surface area contributed by atoms with Gasteiger partial charge in [0, 0.05) is 0 Å². The molecule has 0 rings (SSSR count). The quantitative estimate of drug-likeness (QED) is 0.277. The Bertz CT molecular complexity index is 274. The number of carbonyl (C=O) groups excluding carboxylic acids is 1. The molecule has 0 saturated heterocycles. The lowest BCUT2D eigenvalue weighted by molar-refractivity contribution is -0.143. The summed E-state index contributed by atoms with van der Waals surface area (Å²) in [5, 5.41) is 28.7. The maximum atomic E-state index is 11.4. The van der Waals surface area contributed by atoms with Crippen LogP contribution in [0.5, 0.6) is 0 Å². The molecule has 6 N–H and O–H groups in total. The Morgan fingerprint density at radius 3 is 2.53 bits per heavy atom. The molecule has 8 nitrogen and oxygen atoms in total. The lowest BCUT2D eigenvalue weighted by Crippen LogP contribution is -2.42. The fraction of sp³-hybridized carbons (Fsp3) is 0.818. The highest BCUT2D eigenvalue weighted by Gasteiger charge is 2.19. The molecule has 2 atom stereocenters. The molecular weight excluding hydrogens is 256 g/mol. The van der Waals surface area contributed by atoms with Crippen molar-refractivity contribution in [3.05, 3.63) is 0 Å². The molecule has 0 aromatic rings. The highest BCUT2D eigenvalue weighted by atomic mass is 16.5. The Morgan fingerprint density at radius 2 is 2.00 bits per heavy atom. The van der Waals surface area contributed by atoms with Gasteiger partial charge in [-0.3, -0.25) is 4.79 Å². The minimum Gasteiger partial charge on any atom is -0.480 e. The van der Waals surface area contributed by atoms with Crippen LogP contribution in [0.25, 0.3) is 0 Å². The third kappa shape index (κ3) is 9.37. The van der Waals surface area contributed by atoms with Gasteiger partial charge in [-0.15, -0.1) is 0 Å². The van der Waals surface area contributed by atoms with Gasteiger partial charge in [0.2, 0.25) is 5.91 Å². The standard InChI is InChI=1S/C11H22N2O6/c12-4-2-1-3-9(11(17)18)13-10(16)7-19-6-8(15)5-14/h8-9,14-15H,1-7,12H2,(H,13,16)(H,17,18)/t8?,9-/m0/s1. The molecule has 19 heavy (non-hydrogen) atoms. The monoisotopic (exact) mass is 278 g/mol. The summed E-state index contributed by atoms with van der Waals surface area (Å²) < 4.78 is 4.82. The maximum absolute atomic E-state index is 11.4. The number of rotatable bonds is 11. The Hall–Kier alpha value is -1.22. The zero-order valence-electron chi connectivity index (χ0n) is 10.7. The van der Waals surface area contributed by atoms with Crippen LogP contribution in [0.3, 0.4) is 0 Å². The first-order valence-electron chi connectivity index (χ1n) is 6.10. The number of aliphatic hydroxyl groups excluding tert-OH is 2. The molecule has 1 unspecified atom stereocenters. The second-order valence-corrected chi connectivity index (χ2v) is 4.09. The predicted molar refractivity (Wildman–Crippen MR) is 66.4 cm³/mol. The van der Waals surface area contributed by atoms with E-state index in [-0.39, 0.29) is 13.2 Å². The molecule has 8 heteroatoms. The van der Waals surface area contributed by atoms with E-state index < -0.39 is 30.6 Å². The molecular formula is C11H22N2O6. The number of aliphatic hydroxyl groups is 2. The van der Waals surface area contributed by atoms with Gasteiger partial charge >= 0.3 is 5.97 Å². The van der Waals surface area contributed by atoms with Gasteiger partial charge < -0.3 is 31.1 Å². The van der Waals surface area contributed by atoms with Gasteiger partial charge in [0.25, 0.3) is 0 Å². The first-order chi connectivity index (χ1) is 9.01. The van der Waals surface area contributed by atoms with Crippen molar-refractivity contribution < 1.29 is 29.6 Å². The average Bonchev–Trinajstić information content (AvgIpc) is 2.37. The number of nitrogens with two attached hydrogens (primary N) is 1. The minimum atomic E-state index is -1.11. The number of amides is 1. The van der Waals surface area contributed by atoms with Crippen molar-refractivity contribution in [1.29, 1.82) is 0 Å². The lowest BCUT2D eigenvalue weighted by Gasteiger charge is -2.14. The van der Waals surface area contributed by atoms with E-state index in [2.05, 4.69) is 5.32 Å². The van der Waals surface area contributed by atoms with Crippen LogP contribution in [-0.4, -0.2) is 65.7 Å². The molecule has 0 spiro atoms. The Balaban J connectivity index is 3.93. The largest absolute Gasteiger partial charge is 0.480 e. The van der Waals surface area contributed by atoms with Gasteiger partial charge in [-0.25, -0.2) is 4.79 Å². The van der Waals surface area contributed by atoms with Gasteiger partial charge in [0.15, 0.2) is 0 Å². The van der Waals surface area contributed by atoms with Crippen molar-refractivity contribution in [2.45, 2.75) is 31.4 Å². The van der Waals surface area contributed by atoms with Crippen LogP contribution in [0, 0.1) is 0 Å². The molecule has 0 aromatic carbocycles. The molecule has 0 aliphatic heterocycles. The van der Waals surface area contributed by atoms with Crippen molar-refractivity contribution in [2.75, 3.05) is 26.4 Å². The first kappa shape index (κ1) is 17.8.